The van der Waals surface area contributed by atoms with Gasteiger partial charge in [-0.15, -0.1) is 0 Å². The molecule has 2 unspecified atom stereocenters. The molecule has 0 bridgehead atoms. The van der Waals surface area contributed by atoms with Gasteiger partial charge in [0.2, 0.25) is 0 Å². The summed E-state index contributed by atoms with van der Waals surface area (Å²) in [7, 11) is 0. The maximum absolute atomic E-state index is 4.18. The van der Waals surface area contributed by atoms with Crippen LogP contribution in [0.1, 0.15) is 13.3 Å². The Labute approximate surface area is 63.7 Å². The molecular weight excluding hydrogens is 213 g/mol. The average molecular weight is 223 g/mol. The van der Waals surface area contributed by atoms with E-state index in [1.165, 1.54) is 6.42 Å². The fraction of sp³-hybridized carbons (Fsp3) is 0.833. The molecule has 1 heterocycles. The van der Waals surface area contributed by atoms with Gasteiger partial charge in [-0.3, -0.25) is 4.99 Å². The van der Waals surface area contributed by atoms with Crippen LogP contribution in [-0.2, 0) is 0 Å². The molecule has 0 saturated heterocycles. The predicted molar refractivity (Wildman–Crippen MR) is 44.9 cm³/mol. The zero-order valence-corrected chi connectivity index (χ0v) is 7.13. The van der Waals surface area contributed by atoms with E-state index in [4.69, 9.17) is 0 Å². The van der Waals surface area contributed by atoms with Crippen molar-refractivity contribution < 1.29 is 0 Å². The predicted octanol–water partition coefficient (Wildman–Crippen LogP) is 1.90. The molecular formula is C6H10IN. The molecule has 1 nitrogen and oxygen atoms in total. The highest BCUT2D eigenvalue weighted by molar-refractivity contribution is 14.1. The molecule has 0 N–H and O–H groups in total. The van der Waals surface area contributed by atoms with Gasteiger partial charge in [-0.2, -0.15) is 0 Å². The lowest BCUT2D eigenvalue weighted by Gasteiger charge is -2.17. The summed E-state index contributed by atoms with van der Waals surface area (Å²) in [5.41, 5.74) is 0. The van der Waals surface area contributed by atoms with Crippen molar-refractivity contribution in [2.45, 2.75) is 17.3 Å². The number of hydrogen-bond acceptors (Lipinski definition) is 1. The number of nitrogens with zero attached hydrogens (tertiary/aromatic N) is 1. The van der Waals surface area contributed by atoms with Crippen molar-refractivity contribution in [2.24, 2.45) is 10.9 Å². The lowest BCUT2D eigenvalue weighted by Crippen LogP contribution is -2.18. The Balaban J connectivity index is 2.44. The molecule has 0 saturated carbocycles. The second kappa shape index (κ2) is 2.80. The minimum absolute atomic E-state index is 0.792. The number of hydrogen-bond donors (Lipinski definition) is 0. The summed E-state index contributed by atoms with van der Waals surface area (Å²) < 4.78 is 0.824. The van der Waals surface area contributed by atoms with E-state index in [9.17, 15) is 0 Å². The van der Waals surface area contributed by atoms with Gasteiger partial charge in [-0.25, -0.2) is 0 Å². The van der Waals surface area contributed by atoms with Gasteiger partial charge in [0.25, 0.3) is 0 Å². The third-order valence-corrected chi connectivity index (χ3v) is 3.21. The number of rotatable bonds is 0. The highest BCUT2D eigenvalue weighted by Crippen LogP contribution is 2.19. The van der Waals surface area contributed by atoms with Crippen LogP contribution < -0.4 is 0 Å². The molecule has 1 aliphatic rings. The first-order valence-electron chi connectivity index (χ1n) is 2.93. The smallest absolute Gasteiger partial charge is 0.0421 e. The average Bonchev–Trinajstić information content (AvgIpc) is 1.77. The van der Waals surface area contributed by atoms with E-state index in [0.717, 1.165) is 16.4 Å². The van der Waals surface area contributed by atoms with Crippen molar-refractivity contribution >= 4 is 28.8 Å². The van der Waals surface area contributed by atoms with Gasteiger partial charge in [0, 0.05) is 10.5 Å². The molecule has 0 aromatic rings. The third-order valence-electron chi connectivity index (χ3n) is 1.47. The molecule has 1 aliphatic heterocycles. The molecule has 2 heteroatoms. The molecule has 0 amide bonds. The molecule has 1 rings (SSSR count). The monoisotopic (exact) mass is 223 g/mol. The van der Waals surface area contributed by atoms with E-state index in [1.807, 2.05) is 6.21 Å². The molecule has 46 valence electrons. The molecule has 0 spiro atoms. The second-order valence-corrected chi connectivity index (χ2v) is 3.88. The molecule has 2 atom stereocenters. The molecule has 0 aromatic heterocycles. The summed E-state index contributed by atoms with van der Waals surface area (Å²) in [6.45, 7) is 3.29. The normalized spacial score (nSPS) is 37.8. The van der Waals surface area contributed by atoms with Crippen molar-refractivity contribution in [3.8, 4) is 0 Å². The summed E-state index contributed by atoms with van der Waals surface area (Å²) in [4.78, 5) is 4.18. The van der Waals surface area contributed by atoms with Gasteiger partial charge in [0.15, 0.2) is 0 Å². The van der Waals surface area contributed by atoms with Gasteiger partial charge in [0.05, 0.1) is 0 Å². The molecule has 0 aromatic carbocycles. The van der Waals surface area contributed by atoms with Crippen LogP contribution in [0, 0.1) is 5.92 Å². The van der Waals surface area contributed by atoms with E-state index in [0.29, 0.717) is 0 Å². The summed E-state index contributed by atoms with van der Waals surface area (Å²) in [6, 6.07) is 0. The van der Waals surface area contributed by atoms with Crippen LogP contribution >= 0.6 is 22.6 Å². The van der Waals surface area contributed by atoms with Crippen molar-refractivity contribution in [3.05, 3.63) is 0 Å². The summed E-state index contributed by atoms with van der Waals surface area (Å²) in [5.74, 6) is 0.792. The van der Waals surface area contributed by atoms with E-state index < -0.39 is 0 Å². The first-order valence-corrected chi connectivity index (χ1v) is 4.17. The van der Waals surface area contributed by atoms with Crippen LogP contribution in [0.15, 0.2) is 4.99 Å². The van der Waals surface area contributed by atoms with Crippen LogP contribution in [0.2, 0.25) is 0 Å². The summed E-state index contributed by atoms with van der Waals surface area (Å²) >= 11 is 2.49. The Kier molecular flexibility index (Phi) is 2.28. The summed E-state index contributed by atoms with van der Waals surface area (Å²) in [5, 5.41) is 0. The number of aliphatic imine (C=N–C) groups is 1. The third kappa shape index (κ3) is 1.44. The Morgan fingerprint density at radius 1 is 1.75 bits per heavy atom. The van der Waals surface area contributed by atoms with E-state index in [2.05, 4.69) is 34.5 Å². The summed E-state index contributed by atoms with van der Waals surface area (Å²) in [6.07, 6.45) is 3.21. The molecule has 0 radical (unpaired) electrons. The quantitative estimate of drug-likeness (QED) is 0.439. The molecule has 0 aliphatic carbocycles. The highest BCUT2D eigenvalue weighted by atomic mass is 127. The van der Waals surface area contributed by atoms with Crippen molar-refractivity contribution in [1.29, 1.82) is 0 Å². The van der Waals surface area contributed by atoms with E-state index in [1.54, 1.807) is 0 Å². The minimum atomic E-state index is 0.792. The zero-order valence-electron chi connectivity index (χ0n) is 4.97. The van der Waals surface area contributed by atoms with E-state index in [-0.39, 0.29) is 0 Å². The lowest BCUT2D eigenvalue weighted by molar-refractivity contribution is 0.574. The van der Waals surface area contributed by atoms with Gasteiger partial charge in [-0.05, 0) is 18.6 Å². The lowest BCUT2D eigenvalue weighted by atomic mass is 10.0. The highest BCUT2D eigenvalue weighted by Gasteiger charge is 2.14. The van der Waals surface area contributed by atoms with Crippen molar-refractivity contribution in [1.82, 2.24) is 0 Å². The maximum Gasteiger partial charge on any atom is 0.0421 e. The second-order valence-electron chi connectivity index (χ2n) is 2.28. The molecule has 8 heavy (non-hydrogen) atoms. The largest absolute Gasteiger partial charge is 0.297 e. The van der Waals surface area contributed by atoms with Gasteiger partial charge in [0.1, 0.15) is 0 Å². The van der Waals surface area contributed by atoms with Crippen LogP contribution in [0.4, 0.5) is 0 Å². The number of halogens is 1. The first kappa shape index (κ1) is 6.52. The van der Waals surface area contributed by atoms with Crippen molar-refractivity contribution in [3.63, 3.8) is 0 Å². The Hall–Kier alpha value is 0.400. The topological polar surface area (TPSA) is 12.4 Å². The Bertz CT molecular complexity index is 88.7. The standard InChI is InChI=1S/C6H10IN/c1-5-4-8-3-2-6(5)7/h3,5-6H,2,4H2,1H3. The van der Waals surface area contributed by atoms with Crippen LogP contribution in [0.25, 0.3) is 0 Å². The van der Waals surface area contributed by atoms with Crippen LogP contribution in [0.5, 0.6) is 0 Å². The Morgan fingerprint density at radius 3 is 2.88 bits per heavy atom. The van der Waals surface area contributed by atoms with Gasteiger partial charge < -0.3 is 0 Å². The minimum Gasteiger partial charge on any atom is -0.297 e. The fourth-order valence-electron chi connectivity index (χ4n) is 0.763. The molecule has 0 fully saturated rings. The van der Waals surface area contributed by atoms with E-state index >= 15 is 0 Å². The van der Waals surface area contributed by atoms with Crippen molar-refractivity contribution in [2.75, 3.05) is 6.54 Å². The maximum atomic E-state index is 4.18. The van der Waals surface area contributed by atoms with Gasteiger partial charge >= 0.3 is 0 Å². The van der Waals surface area contributed by atoms with Gasteiger partial charge in [-0.1, -0.05) is 29.5 Å². The van der Waals surface area contributed by atoms with Crippen LogP contribution in [-0.4, -0.2) is 16.7 Å². The Morgan fingerprint density at radius 2 is 2.50 bits per heavy atom. The number of alkyl halides is 1. The zero-order chi connectivity index (χ0) is 5.98. The van der Waals surface area contributed by atoms with Crippen LogP contribution in [0.3, 0.4) is 0 Å². The first-order chi connectivity index (χ1) is 3.80. The fourth-order valence-corrected chi connectivity index (χ4v) is 1.22. The SMILES string of the molecule is CC1CN=CCC1I.